The maximum atomic E-state index is 14.0. The molecule has 1 aliphatic rings. The summed E-state index contributed by atoms with van der Waals surface area (Å²) in [6, 6.07) is 15.7. The van der Waals surface area contributed by atoms with Crippen LogP contribution >= 0.6 is 11.6 Å². The number of carbonyl (C=O) groups is 3. The number of benzene rings is 2. The predicted octanol–water partition coefficient (Wildman–Crippen LogP) is 4.31. The SMILES string of the molecule is CN(C)CCC(=O)Nc1ccc2c(=O)n(CC3(O)CCN(C(=O)C(CCCNC(=O)c4ccc5c(Cl)ccnc5c4)Cc4cccnc4)CC3)cnc2c1. The lowest BCUT2D eigenvalue weighted by molar-refractivity contribution is -0.140. The zero-order chi connectivity index (χ0) is 38.2. The smallest absolute Gasteiger partial charge is 0.261 e. The van der Waals surface area contributed by atoms with Crippen LogP contribution in [0.5, 0.6) is 0 Å². The third-order valence-corrected chi connectivity index (χ3v) is 10.2. The van der Waals surface area contributed by atoms with E-state index >= 15 is 0 Å². The molecule has 0 radical (unpaired) electrons. The first-order valence-corrected chi connectivity index (χ1v) is 18.5. The molecule has 0 aliphatic carbocycles. The van der Waals surface area contributed by atoms with Gasteiger partial charge in [0.2, 0.25) is 11.8 Å². The second-order valence-electron chi connectivity index (χ2n) is 14.2. The predicted molar refractivity (Wildman–Crippen MR) is 208 cm³/mol. The number of anilines is 1. The molecule has 3 amide bonds. The van der Waals surface area contributed by atoms with Gasteiger partial charge in [-0.25, -0.2) is 4.98 Å². The van der Waals surface area contributed by atoms with Crippen molar-refractivity contribution in [2.24, 2.45) is 5.92 Å². The fourth-order valence-electron chi connectivity index (χ4n) is 6.80. The normalized spacial score (nSPS) is 14.6. The van der Waals surface area contributed by atoms with Crippen LogP contribution in [0.3, 0.4) is 0 Å². The number of pyridine rings is 2. The summed E-state index contributed by atoms with van der Waals surface area (Å²) in [6.07, 6.45) is 9.04. The van der Waals surface area contributed by atoms with Gasteiger partial charge in [-0.05, 0) is 94.2 Å². The Morgan fingerprint density at radius 3 is 2.54 bits per heavy atom. The minimum absolute atomic E-state index is 0.0149. The van der Waals surface area contributed by atoms with Crippen molar-refractivity contribution < 1.29 is 19.5 Å². The summed E-state index contributed by atoms with van der Waals surface area (Å²) in [4.78, 5) is 69.3. The fraction of sp³-hybridized carbons (Fsp3) is 0.375. The molecular weight excluding hydrogens is 708 g/mol. The van der Waals surface area contributed by atoms with Crippen molar-refractivity contribution in [3.8, 4) is 0 Å². The molecule has 3 aromatic heterocycles. The summed E-state index contributed by atoms with van der Waals surface area (Å²) in [5.41, 5.74) is 1.57. The summed E-state index contributed by atoms with van der Waals surface area (Å²) >= 11 is 6.24. The number of rotatable bonds is 14. The molecule has 4 heterocycles. The zero-order valence-corrected chi connectivity index (χ0v) is 31.3. The van der Waals surface area contributed by atoms with Crippen LogP contribution in [0.2, 0.25) is 5.02 Å². The molecule has 1 saturated heterocycles. The standard InChI is InChI=1S/C40H45ClN8O5/c1-47(2)18-12-36(50)46-30-8-10-32-35(23-30)45-26-49(39(32)53)25-40(54)13-19-48(20-14-40)38(52)29(21-27-5-3-15-42-24-27)6-4-16-44-37(51)28-7-9-31-33(41)11-17-43-34(31)22-28/h3,5,7-11,15,17,22-24,26,29,54H,4,6,12-14,16,18-21,25H2,1-2H3,(H,44,51)(H,46,50). The number of aliphatic hydroxyl groups is 1. The lowest BCUT2D eigenvalue weighted by Gasteiger charge is -2.39. The Morgan fingerprint density at radius 2 is 1.78 bits per heavy atom. The molecule has 2 aromatic carbocycles. The highest BCUT2D eigenvalue weighted by molar-refractivity contribution is 6.35. The van der Waals surface area contributed by atoms with Gasteiger partial charge < -0.3 is 25.5 Å². The largest absolute Gasteiger partial charge is 0.388 e. The van der Waals surface area contributed by atoms with Crippen molar-refractivity contribution in [1.29, 1.82) is 0 Å². The van der Waals surface area contributed by atoms with Crippen molar-refractivity contribution in [3.63, 3.8) is 0 Å². The van der Waals surface area contributed by atoms with Gasteiger partial charge in [0.25, 0.3) is 11.5 Å². The second kappa shape index (κ2) is 17.3. The van der Waals surface area contributed by atoms with Crippen molar-refractivity contribution in [3.05, 3.63) is 106 Å². The summed E-state index contributed by atoms with van der Waals surface area (Å²) < 4.78 is 1.41. The summed E-state index contributed by atoms with van der Waals surface area (Å²) in [6.45, 7) is 1.72. The molecule has 5 aromatic rings. The molecule has 1 aliphatic heterocycles. The molecule has 0 saturated carbocycles. The van der Waals surface area contributed by atoms with E-state index < -0.39 is 5.60 Å². The molecule has 3 N–H and O–H groups in total. The minimum Gasteiger partial charge on any atom is -0.388 e. The van der Waals surface area contributed by atoms with Crippen LogP contribution in [-0.2, 0) is 22.6 Å². The van der Waals surface area contributed by atoms with Gasteiger partial charge in [-0.2, -0.15) is 0 Å². The number of fused-ring (bicyclic) bond motifs is 2. The van der Waals surface area contributed by atoms with E-state index in [2.05, 4.69) is 25.6 Å². The van der Waals surface area contributed by atoms with Gasteiger partial charge in [-0.1, -0.05) is 23.7 Å². The van der Waals surface area contributed by atoms with E-state index in [1.54, 1.807) is 66.0 Å². The highest BCUT2D eigenvalue weighted by Crippen LogP contribution is 2.27. The van der Waals surface area contributed by atoms with Gasteiger partial charge in [0.15, 0.2) is 0 Å². The number of likely N-dealkylation sites (tertiary alicyclic amines) is 1. The van der Waals surface area contributed by atoms with Gasteiger partial charge in [-0.3, -0.25) is 33.7 Å². The van der Waals surface area contributed by atoms with E-state index in [1.165, 1.54) is 10.9 Å². The van der Waals surface area contributed by atoms with Gasteiger partial charge >= 0.3 is 0 Å². The van der Waals surface area contributed by atoms with Gasteiger partial charge in [0.05, 0.1) is 39.9 Å². The van der Waals surface area contributed by atoms with Crippen molar-refractivity contribution in [1.82, 2.24) is 34.6 Å². The van der Waals surface area contributed by atoms with Crippen molar-refractivity contribution >= 4 is 56.8 Å². The monoisotopic (exact) mass is 752 g/mol. The van der Waals surface area contributed by atoms with Crippen LogP contribution in [0, 0.1) is 5.92 Å². The van der Waals surface area contributed by atoms with Gasteiger partial charge in [0.1, 0.15) is 0 Å². The van der Waals surface area contributed by atoms with Gasteiger partial charge in [0, 0.05) is 73.7 Å². The minimum atomic E-state index is -1.21. The molecule has 6 rings (SSSR count). The number of carbonyl (C=O) groups excluding carboxylic acids is 3. The number of halogens is 1. The van der Waals surface area contributed by atoms with E-state index in [-0.39, 0.29) is 35.7 Å². The highest BCUT2D eigenvalue weighted by atomic mass is 35.5. The Balaban J connectivity index is 1.05. The molecular formula is C40H45ClN8O5. The number of hydrogen-bond acceptors (Lipinski definition) is 9. The lowest BCUT2D eigenvalue weighted by atomic mass is 9.88. The topological polar surface area (TPSA) is 163 Å². The Morgan fingerprint density at radius 1 is 1.00 bits per heavy atom. The number of amides is 3. The van der Waals surface area contributed by atoms with Crippen LogP contribution in [0.4, 0.5) is 5.69 Å². The quantitative estimate of drug-likeness (QED) is 0.140. The average molecular weight is 753 g/mol. The first-order chi connectivity index (χ1) is 26.0. The molecule has 54 heavy (non-hydrogen) atoms. The van der Waals surface area contributed by atoms with Crippen LogP contribution in [0.25, 0.3) is 21.8 Å². The Hall–Kier alpha value is -5.24. The number of aromatic nitrogens is 4. The first kappa shape index (κ1) is 38.5. The van der Waals surface area contributed by atoms with Crippen molar-refractivity contribution in [2.75, 3.05) is 45.6 Å². The molecule has 14 heteroatoms. The Bertz CT molecular complexity index is 2190. The molecule has 0 bridgehead atoms. The van der Waals surface area contributed by atoms with Crippen molar-refractivity contribution in [2.45, 2.75) is 50.7 Å². The number of nitrogens with zero attached hydrogens (tertiary/aromatic N) is 6. The molecule has 13 nitrogen and oxygen atoms in total. The number of nitrogens with one attached hydrogen (secondary N) is 2. The third-order valence-electron chi connectivity index (χ3n) is 9.89. The van der Waals surface area contributed by atoms with Crippen LogP contribution < -0.4 is 16.2 Å². The van der Waals surface area contributed by atoms with E-state index in [1.807, 2.05) is 31.1 Å². The van der Waals surface area contributed by atoms with E-state index in [0.29, 0.717) is 97.4 Å². The second-order valence-corrected chi connectivity index (χ2v) is 14.7. The molecule has 1 atom stereocenters. The van der Waals surface area contributed by atoms with E-state index in [4.69, 9.17) is 11.6 Å². The fourth-order valence-corrected chi connectivity index (χ4v) is 7.01. The van der Waals surface area contributed by atoms with Crippen LogP contribution in [0.15, 0.2) is 84.3 Å². The van der Waals surface area contributed by atoms with Crippen LogP contribution in [0.1, 0.15) is 48.0 Å². The Labute approximate surface area is 318 Å². The van der Waals surface area contributed by atoms with E-state index in [0.717, 1.165) is 10.9 Å². The average Bonchev–Trinajstić information content (AvgIpc) is 3.16. The highest BCUT2D eigenvalue weighted by Gasteiger charge is 2.36. The molecule has 1 unspecified atom stereocenters. The molecule has 0 spiro atoms. The molecule has 1 fully saturated rings. The maximum absolute atomic E-state index is 14.0. The van der Waals surface area contributed by atoms with E-state index in [9.17, 15) is 24.3 Å². The zero-order valence-electron chi connectivity index (χ0n) is 30.5. The van der Waals surface area contributed by atoms with Crippen LogP contribution in [-0.4, -0.2) is 98.0 Å². The maximum Gasteiger partial charge on any atom is 0.261 e. The summed E-state index contributed by atoms with van der Waals surface area (Å²) in [7, 11) is 3.80. The lowest BCUT2D eigenvalue weighted by Crippen LogP contribution is -2.51. The third kappa shape index (κ3) is 9.64. The first-order valence-electron chi connectivity index (χ1n) is 18.1. The Kier molecular flexibility index (Phi) is 12.3. The summed E-state index contributed by atoms with van der Waals surface area (Å²) in [5, 5.41) is 19.1. The number of hydrogen-bond donors (Lipinski definition) is 3. The number of piperidine rings is 1. The summed E-state index contributed by atoms with van der Waals surface area (Å²) in [5.74, 6) is -0.717. The molecule has 282 valence electrons. The van der Waals surface area contributed by atoms with Gasteiger partial charge in [-0.15, -0.1) is 0 Å².